The molecule has 6 nitrogen and oxygen atoms in total. The highest BCUT2D eigenvalue weighted by Crippen LogP contribution is 2.25. The maximum Gasteiger partial charge on any atom is 0.377 e. The number of aliphatic carboxylic acids is 1. The molecule has 4 rings (SSSR count). The lowest BCUT2D eigenvalue weighted by Crippen LogP contribution is -2.38. The Morgan fingerprint density at radius 1 is 1.07 bits per heavy atom. The molecule has 30 heavy (non-hydrogen) atoms. The Labute approximate surface area is 172 Å². The number of carboxylic acids is 1. The zero-order valence-electron chi connectivity index (χ0n) is 16.2. The van der Waals surface area contributed by atoms with Gasteiger partial charge in [0.1, 0.15) is 5.82 Å². The summed E-state index contributed by atoms with van der Waals surface area (Å²) in [5.74, 6) is -2.48. The van der Waals surface area contributed by atoms with Gasteiger partial charge in [-0.05, 0) is 61.1 Å². The van der Waals surface area contributed by atoms with E-state index >= 15 is 0 Å². The number of piperidine rings is 1. The highest BCUT2D eigenvalue weighted by Gasteiger charge is 2.25. The number of aromatic amines is 1. The molecule has 7 heteroatoms. The lowest BCUT2D eigenvalue weighted by atomic mass is 9.90. The first-order valence-corrected chi connectivity index (χ1v) is 9.85. The molecular weight excluding hydrogens is 387 g/mol. The van der Waals surface area contributed by atoms with Crippen molar-refractivity contribution < 1.29 is 23.9 Å². The number of nitrogens with one attached hydrogen (secondary N) is 1. The van der Waals surface area contributed by atoms with Crippen molar-refractivity contribution in [3.05, 3.63) is 71.2 Å². The number of likely N-dealkylation sites (tertiary alicyclic amines) is 1. The smallest absolute Gasteiger partial charge is 0.377 e. The van der Waals surface area contributed by atoms with E-state index in [1.165, 1.54) is 18.3 Å². The summed E-state index contributed by atoms with van der Waals surface area (Å²) in [4.78, 5) is 40.5. The van der Waals surface area contributed by atoms with Crippen LogP contribution in [0, 0.1) is 11.7 Å². The van der Waals surface area contributed by atoms with Crippen LogP contribution in [0.4, 0.5) is 4.39 Å². The van der Waals surface area contributed by atoms with Gasteiger partial charge in [0.2, 0.25) is 0 Å². The van der Waals surface area contributed by atoms with Crippen molar-refractivity contribution in [2.75, 3.05) is 13.1 Å². The van der Waals surface area contributed by atoms with Crippen LogP contribution < -0.4 is 0 Å². The second kappa shape index (κ2) is 8.10. The molecule has 1 aromatic heterocycles. The van der Waals surface area contributed by atoms with E-state index in [9.17, 15) is 18.8 Å². The molecule has 2 heterocycles. The van der Waals surface area contributed by atoms with E-state index in [2.05, 4.69) is 4.98 Å². The van der Waals surface area contributed by atoms with E-state index in [0.717, 1.165) is 24.8 Å². The Morgan fingerprint density at radius 3 is 2.43 bits per heavy atom. The highest BCUT2D eigenvalue weighted by atomic mass is 19.1. The molecule has 1 aliphatic rings. The van der Waals surface area contributed by atoms with E-state index < -0.39 is 11.8 Å². The molecule has 0 bridgehead atoms. The van der Waals surface area contributed by atoms with Gasteiger partial charge < -0.3 is 15.0 Å². The van der Waals surface area contributed by atoms with Crippen molar-refractivity contribution in [3.8, 4) is 0 Å². The van der Waals surface area contributed by atoms with Crippen molar-refractivity contribution >= 4 is 28.6 Å². The molecule has 1 aliphatic heterocycles. The number of halogens is 1. The largest absolute Gasteiger partial charge is 0.475 e. The number of nitrogens with zero attached hydrogens (tertiary/aromatic N) is 1. The van der Waals surface area contributed by atoms with Gasteiger partial charge in [0.05, 0.1) is 5.56 Å². The number of rotatable bonds is 5. The lowest BCUT2D eigenvalue weighted by Gasteiger charge is -2.32. The molecule has 1 amide bonds. The van der Waals surface area contributed by atoms with Gasteiger partial charge in [-0.15, -0.1) is 0 Å². The van der Waals surface area contributed by atoms with Crippen LogP contribution in [-0.4, -0.2) is 45.7 Å². The molecule has 1 saturated heterocycles. The van der Waals surface area contributed by atoms with Crippen LogP contribution in [-0.2, 0) is 11.2 Å². The number of ketones is 1. The number of carboxylic acid groups (broad SMARTS) is 1. The van der Waals surface area contributed by atoms with Crippen LogP contribution in [0.1, 0.15) is 39.1 Å². The summed E-state index contributed by atoms with van der Waals surface area (Å²) < 4.78 is 13.1. The number of carbonyl (C=O) groups excluding carboxylic acids is 2. The van der Waals surface area contributed by atoms with Gasteiger partial charge >= 0.3 is 5.97 Å². The minimum atomic E-state index is -1.53. The maximum atomic E-state index is 13.1. The number of hydrogen-bond donors (Lipinski definition) is 2. The van der Waals surface area contributed by atoms with E-state index in [-0.39, 0.29) is 17.3 Å². The van der Waals surface area contributed by atoms with Crippen molar-refractivity contribution in [2.45, 2.75) is 19.3 Å². The number of benzene rings is 2. The third kappa shape index (κ3) is 3.96. The summed E-state index contributed by atoms with van der Waals surface area (Å²) in [6.07, 6.45) is 3.94. The predicted molar refractivity (Wildman–Crippen MR) is 109 cm³/mol. The minimum absolute atomic E-state index is 0.0464. The maximum absolute atomic E-state index is 13.1. The molecule has 1 fully saturated rings. The Balaban J connectivity index is 1.44. The van der Waals surface area contributed by atoms with E-state index in [1.54, 1.807) is 35.2 Å². The second-order valence-corrected chi connectivity index (χ2v) is 7.66. The van der Waals surface area contributed by atoms with Crippen LogP contribution in [0.3, 0.4) is 0 Å². The first-order valence-electron chi connectivity index (χ1n) is 9.85. The summed E-state index contributed by atoms with van der Waals surface area (Å²) in [6.45, 7) is 1.24. The van der Waals surface area contributed by atoms with Crippen LogP contribution in [0.2, 0.25) is 0 Å². The number of carbonyl (C=O) groups is 3. The Hall–Kier alpha value is -3.48. The van der Waals surface area contributed by atoms with E-state index in [4.69, 9.17) is 5.11 Å². The fraction of sp³-hybridized carbons (Fsp3) is 0.261. The van der Waals surface area contributed by atoms with Crippen LogP contribution in [0.5, 0.6) is 0 Å². The molecule has 0 spiro atoms. The normalized spacial score (nSPS) is 14.8. The Kier molecular flexibility index (Phi) is 5.35. The summed E-state index contributed by atoms with van der Waals surface area (Å²) in [5.41, 5.74) is 2.17. The van der Waals surface area contributed by atoms with Gasteiger partial charge in [-0.3, -0.25) is 9.59 Å². The average molecular weight is 408 g/mol. The summed E-state index contributed by atoms with van der Waals surface area (Å²) in [6, 6.07) is 11.5. The fourth-order valence-electron chi connectivity index (χ4n) is 4.03. The quantitative estimate of drug-likeness (QED) is 0.498. The first-order chi connectivity index (χ1) is 14.4. The number of fused-ring (bicyclic) bond motifs is 1. The molecule has 2 aromatic carbocycles. The van der Waals surface area contributed by atoms with Gasteiger partial charge in [0.25, 0.3) is 11.7 Å². The molecule has 0 aliphatic carbocycles. The van der Waals surface area contributed by atoms with Gasteiger partial charge in [0, 0.05) is 35.8 Å². The first kappa shape index (κ1) is 19.8. The van der Waals surface area contributed by atoms with E-state index in [0.29, 0.717) is 35.5 Å². The third-order valence-electron chi connectivity index (χ3n) is 5.71. The summed E-state index contributed by atoms with van der Waals surface area (Å²) in [5, 5.41) is 9.41. The Bertz CT molecular complexity index is 1110. The van der Waals surface area contributed by atoms with Crippen LogP contribution in [0.25, 0.3) is 10.9 Å². The molecule has 2 N–H and O–H groups in total. The topological polar surface area (TPSA) is 90.5 Å². The number of amides is 1. The van der Waals surface area contributed by atoms with Crippen LogP contribution >= 0.6 is 0 Å². The van der Waals surface area contributed by atoms with Gasteiger partial charge in [-0.25, -0.2) is 9.18 Å². The van der Waals surface area contributed by atoms with Crippen molar-refractivity contribution in [3.63, 3.8) is 0 Å². The van der Waals surface area contributed by atoms with Crippen LogP contribution in [0.15, 0.2) is 48.7 Å². The lowest BCUT2D eigenvalue weighted by molar-refractivity contribution is -0.131. The standard InChI is InChI=1S/C23H21FN2O4/c24-17-4-1-14(2-5-17)11-15-7-9-26(10-8-15)22(28)16-3-6-20-18(12-16)19(13-25-20)21(27)23(29)30/h1-6,12-13,15,25H,7-11H2,(H,29,30). The minimum Gasteiger partial charge on any atom is -0.475 e. The molecular formula is C23H21FN2O4. The number of Topliss-reactive ketones (excluding diaryl/α,β-unsaturated/α-hetero) is 1. The summed E-state index contributed by atoms with van der Waals surface area (Å²) in [7, 11) is 0. The number of hydrogen-bond acceptors (Lipinski definition) is 3. The molecule has 0 radical (unpaired) electrons. The Morgan fingerprint density at radius 2 is 1.77 bits per heavy atom. The van der Waals surface area contributed by atoms with Crippen molar-refractivity contribution in [2.24, 2.45) is 5.92 Å². The van der Waals surface area contributed by atoms with Gasteiger partial charge in [0.15, 0.2) is 0 Å². The second-order valence-electron chi connectivity index (χ2n) is 7.66. The highest BCUT2D eigenvalue weighted by molar-refractivity contribution is 6.42. The fourth-order valence-corrected chi connectivity index (χ4v) is 4.03. The SMILES string of the molecule is O=C(O)C(=O)c1c[nH]c2ccc(C(=O)N3CCC(Cc4ccc(F)cc4)CC3)cc12. The van der Waals surface area contributed by atoms with E-state index in [1.807, 2.05) is 0 Å². The van der Waals surface area contributed by atoms with Gasteiger partial charge in [-0.2, -0.15) is 0 Å². The van der Waals surface area contributed by atoms with Crippen molar-refractivity contribution in [1.29, 1.82) is 0 Å². The molecule has 0 unspecified atom stereocenters. The number of H-pyrrole nitrogens is 1. The zero-order valence-corrected chi connectivity index (χ0v) is 16.2. The van der Waals surface area contributed by atoms with Crippen molar-refractivity contribution in [1.82, 2.24) is 9.88 Å². The molecule has 0 saturated carbocycles. The molecule has 154 valence electrons. The molecule has 0 atom stereocenters. The zero-order chi connectivity index (χ0) is 21.3. The molecule has 3 aromatic rings. The summed E-state index contributed by atoms with van der Waals surface area (Å²) >= 11 is 0. The predicted octanol–water partition coefficient (Wildman–Crippen LogP) is 3.67. The monoisotopic (exact) mass is 408 g/mol. The average Bonchev–Trinajstić information content (AvgIpc) is 3.18. The third-order valence-corrected chi connectivity index (χ3v) is 5.71. The van der Waals surface area contributed by atoms with Gasteiger partial charge in [-0.1, -0.05) is 12.1 Å². The number of aromatic nitrogens is 1.